The fraction of sp³-hybridized carbons (Fsp3) is 0.200. The van der Waals surface area contributed by atoms with Gasteiger partial charge in [0.15, 0.2) is 5.12 Å². The summed E-state index contributed by atoms with van der Waals surface area (Å²) in [6, 6.07) is 8.00. The fourth-order valence-corrected chi connectivity index (χ4v) is 2.86. The van der Waals surface area contributed by atoms with Crippen molar-refractivity contribution in [2.75, 3.05) is 5.75 Å². The van der Waals surface area contributed by atoms with E-state index in [9.17, 15) is 4.79 Å². The first-order valence-electron chi connectivity index (χ1n) is 4.23. The lowest BCUT2D eigenvalue weighted by Gasteiger charge is -2.12. The Bertz CT molecular complexity index is 401. The highest BCUT2D eigenvalue weighted by molar-refractivity contribution is 8.27. The highest BCUT2D eigenvalue weighted by Gasteiger charge is 2.13. The van der Waals surface area contributed by atoms with Crippen LogP contribution in [0.5, 0.6) is 0 Å². The Morgan fingerprint density at radius 3 is 3.07 bits per heavy atom. The molecule has 1 aromatic carbocycles. The third kappa shape index (κ3) is 2.19. The summed E-state index contributed by atoms with van der Waals surface area (Å²) >= 11 is 2.96. The zero-order valence-corrected chi connectivity index (χ0v) is 9.32. The molecule has 1 aromatic rings. The molecule has 0 saturated carbocycles. The van der Waals surface area contributed by atoms with Crippen LogP contribution in [0.15, 0.2) is 34.2 Å². The van der Waals surface area contributed by atoms with Gasteiger partial charge in [-0.25, -0.2) is 4.99 Å². The highest BCUT2D eigenvalue weighted by atomic mass is 32.2. The van der Waals surface area contributed by atoms with Gasteiger partial charge in [0.2, 0.25) is 0 Å². The van der Waals surface area contributed by atoms with Gasteiger partial charge in [0.05, 0.1) is 10.7 Å². The van der Waals surface area contributed by atoms with Crippen LogP contribution in [0.3, 0.4) is 0 Å². The minimum Gasteiger partial charge on any atom is -0.287 e. The summed E-state index contributed by atoms with van der Waals surface area (Å²) in [4.78, 5) is 16.5. The largest absolute Gasteiger partial charge is 0.287 e. The number of benzene rings is 1. The Kier molecular flexibility index (Phi) is 2.93. The van der Waals surface area contributed by atoms with Gasteiger partial charge in [0, 0.05) is 17.6 Å². The van der Waals surface area contributed by atoms with Crippen LogP contribution >= 0.6 is 23.5 Å². The third-order valence-corrected chi connectivity index (χ3v) is 3.74. The van der Waals surface area contributed by atoms with Crippen LogP contribution in [0.1, 0.15) is 6.92 Å². The van der Waals surface area contributed by atoms with Crippen molar-refractivity contribution in [3.8, 4) is 0 Å². The summed E-state index contributed by atoms with van der Waals surface area (Å²) in [6.45, 7) is 1.57. The number of hydrogen-bond donors (Lipinski definition) is 0. The predicted molar refractivity (Wildman–Crippen MR) is 62.5 cm³/mol. The van der Waals surface area contributed by atoms with Crippen molar-refractivity contribution in [3.63, 3.8) is 0 Å². The van der Waals surface area contributed by atoms with E-state index < -0.39 is 0 Å². The number of thioether (sulfide) groups is 2. The number of carbonyl (C=O) groups excluding carboxylic acids is 1. The average Bonchev–Trinajstić information content (AvgIpc) is 2.17. The van der Waals surface area contributed by atoms with E-state index in [1.165, 1.54) is 16.7 Å². The lowest BCUT2D eigenvalue weighted by atomic mass is 10.3. The number of para-hydroxylation sites is 1. The second-order valence-electron chi connectivity index (χ2n) is 2.86. The molecule has 0 atom stereocenters. The first-order valence-corrected chi connectivity index (χ1v) is 6.04. The van der Waals surface area contributed by atoms with Gasteiger partial charge < -0.3 is 0 Å². The summed E-state index contributed by atoms with van der Waals surface area (Å²) in [5.74, 6) is 0.807. The van der Waals surface area contributed by atoms with E-state index in [2.05, 4.69) is 11.1 Å². The maximum absolute atomic E-state index is 10.9. The zero-order chi connectivity index (χ0) is 9.97. The molecular weight excluding hydrogens is 214 g/mol. The van der Waals surface area contributed by atoms with Gasteiger partial charge in [-0.05, 0) is 23.9 Å². The molecule has 2 rings (SSSR count). The average molecular weight is 223 g/mol. The fourth-order valence-electron chi connectivity index (χ4n) is 1.20. The molecule has 14 heavy (non-hydrogen) atoms. The number of nitrogens with zero attached hydrogens (tertiary/aromatic N) is 1. The molecule has 1 heterocycles. The molecule has 0 fully saturated rings. The second kappa shape index (κ2) is 4.19. The van der Waals surface area contributed by atoms with Gasteiger partial charge in [-0.15, -0.1) is 11.8 Å². The van der Waals surface area contributed by atoms with Crippen molar-refractivity contribution in [1.82, 2.24) is 0 Å². The summed E-state index contributed by atoms with van der Waals surface area (Å²) in [5.41, 5.74) is 0.979. The molecule has 0 aliphatic carbocycles. The number of carbonyl (C=O) groups is 1. The minimum atomic E-state index is 0.101. The van der Waals surface area contributed by atoms with Crippen molar-refractivity contribution in [2.45, 2.75) is 11.8 Å². The van der Waals surface area contributed by atoms with Gasteiger partial charge in [-0.2, -0.15) is 0 Å². The Hall–Kier alpha value is -0.740. The van der Waals surface area contributed by atoms with E-state index in [1.807, 2.05) is 18.2 Å². The minimum absolute atomic E-state index is 0.101. The SMILES string of the molecule is CC(=O)SC1=Nc2ccccc2SC1. The van der Waals surface area contributed by atoms with Gasteiger partial charge >= 0.3 is 0 Å². The van der Waals surface area contributed by atoms with Crippen LogP contribution in [0.4, 0.5) is 5.69 Å². The number of hydrogen-bond acceptors (Lipinski definition) is 4. The van der Waals surface area contributed by atoms with Crippen LogP contribution in [-0.2, 0) is 4.79 Å². The smallest absolute Gasteiger partial charge is 0.191 e. The predicted octanol–water partition coefficient (Wildman–Crippen LogP) is 3.10. The maximum Gasteiger partial charge on any atom is 0.191 e. The lowest BCUT2D eigenvalue weighted by Crippen LogP contribution is -2.03. The molecule has 2 nitrogen and oxygen atoms in total. The molecule has 1 aliphatic heterocycles. The van der Waals surface area contributed by atoms with E-state index in [4.69, 9.17) is 0 Å². The van der Waals surface area contributed by atoms with Crippen molar-refractivity contribution in [3.05, 3.63) is 24.3 Å². The van der Waals surface area contributed by atoms with Crippen molar-refractivity contribution in [2.24, 2.45) is 4.99 Å². The summed E-state index contributed by atoms with van der Waals surface area (Å²) in [5, 5.41) is 1.00. The molecule has 0 amide bonds. The van der Waals surface area contributed by atoms with Gasteiger partial charge in [-0.3, -0.25) is 4.79 Å². The Morgan fingerprint density at radius 2 is 2.29 bits per heavy atom. The van der Waals surface area contributed by atoms with E-state index in [-0.39, 0.29) is 5.12 Å². The monoisotopic (exact) mass is 223 g/mol. The Balaban J connectivity index is 2.26. The van der Waals surface area contributed by atoms with E-state index >= 15 is 0 Å². The van der Waals surface area contributed by atoms with Crippen LogP contribution in [0.25, 0.3) is 0 Å². The molecule has 0 saturated heterocycles. The molecule has 0 bridgehead atoms. The van der Waals surface area contributed by atoms with E-state index in [0.717, 1.165) is 16.5 Å². The van der Waals surface area contributed by atoms with E-state index in [1.54, 1.807) is 18.7 Å². The van der Waals surface area contributed by atoms with Crippen molar-refractivity contribution < 1.29 is 4.79 Å². The molecule has 0 spiro atoms. The quantitative estimate of drug-likeness (QED) is 0.677. The molecule has 0 unspecified atom stereocenters. The maximum atomic E-state index is 10.9. The van der Waals surface area contributed by atoms with Crippen LogP contribution in [0.2, 0.25) is 0 Å². The van der Waals surface area contributed by atoms with Gasteiger partial charge in [-0.1, -0.05) is 12.1 Å². The molecule has 0 radical (unpaired) electrons. The molecule has 0 N–H and O–H groups in total. The third-order valence-electron chi connectivity index (χ3n) is 1.72. The molecule has 4 heteroatoms. The van der Waals surface area contributed by atoms with Crippen LogP contribution in [0, 0.1) is 0 Å². The van der Waals surface area contributed by atoms with Crippen molar-refractivity contribution in [1.29, 1.82) is 0 Å². The molecular formula is C10H9NOS2. The molecule has 72 valence electrons. The van der Waals surface area contributed by atoms with Gasteiger partial charge in [0.25, 0.3) is 0 Å². The number of fused-ring (bicyclic) bond motifs is 1. The Labute approximate surface area is 91.2 Å². The summed E-state index contributed by atoms with van der Waals surface area (Å²) in [7, 11) is 0. The lowest BCUT2D eigenvalue weighted by molar-refractivity contribution is -0.109. The molecule has 1 aliphatic rings. The first kappa shape index (κ1) is 9.80. The first-order chi connectivity index (χ1) is 6.75. The second-order valence-corrected chi connectivity index (χ2v) is 5.12. The number of aliphatic imine (C=N–C) groups is 1. The molecule has 0 aromatic heterocycles. The van der Waals surface area contributed by atoms with Gasteiger partial charge in [0.1, 0.15) is 0 Å². The van der Waals surface area contributed by atoms with Crippen LogP contribution < -0.4 is 0 Å². The summed E-state index contributed by atoms with van der Waals surface area (Å²) in [6.07, 6.45) is 0. The number of rotatable bonds is 0. The normalized spacial score (nSPS) is 14.5. The standard InChI is InChI=1S/C10H9NOS2/c1-7(12)14-10-6-13-9-5-3-2-4-8(9)11-10/h2-5H,6H2,1H3. The van der Waals surface area contributed by atoms with E-state index in [0.29, 0.717) is 0 Å². The zero-order valence-electron chi connectivity index (χ0n) is 7.69. The van der Waals surface area contributed by atoms with Crippen LogP contribution in [-0.4, -0.2) is 15.9 Å². The highest BCUT2D eigenvalue weighted by Crippen LogP contribution is 2.35. The Morgan fingerprint density at radius 1 is 1.50 bits per heavy atom. The van der Waals surface area contributed by atoms with Crippen molar-refractivity contribution >= 4 is 39.4 Å². The summed E-state index contributed by atoms with van der Waals surface area (Å²) < 4.78 is 0. The topological polar surface area (TPSA) is 29.4 Å².